The summed E-state index contributed by atoms with van der Waals surface area (Å²) in [6.45, 7) is 1.64. The minimum absolute atomic E-state index is 0.0659. The van der Waals surface area contributed by atoms with Gasteiger partial charge in [0.25, 0.3) is 0 Å². The summed E-state index contributed by atoms with van der Waals surface area (Å²) >= 11 is 0. The number of unbranched alkanes of at least 4 members (excludes halogenated alkanes) is 2. The van der Waals surface area contributed by atoms with Crippen LogP contribution in [0.4, 0.5) is 0 Å². The maximum atomic E-state index is 10.4. The van der Waals surface area contributed by atoms with Gasteiger partial charge in [-0.15, -0.1) is 0 Å². The fraction of sp³-hybridized carbons (Fsp3) is 1.00. The van der Waals surface area contributed by atoms with E-state index in [1.165, 1.54) is 0 Å². The largest absolute Gasteiger partial charge is 0.790 e. The maximum Gasteiger partial charge on any atom is 0.469 e. The van der Waals surface area contributed by atoms with Crippen molar-refractivity contribution in [3.8, 4) is 0 Å². The molecule has 0 saturated carbocycles. The maximum absolute atomic E-state index is 10.4. The predicted molar refractivity (Wildman–Crippen MR) is 59.2 cm³/mol. The SMILES string of the molecule is CCC(CCCCCOP(=O)(O)O)OP(=O)([O-])[O-]. The van der Waals surface area contributed by atoms with E-state index in [2.05, 4.69) is 9.05 Å². The van der Waals surface area contributed by atoms with Gasteiger partial charge in [-0.05, 0) is 19.3 Å². The second-order valence-corrected chi connectivity index (χ2v) is 6.10. The van der Waals surface area contributed by atoms with Crippen molar-refractivity contribution in [3.63, 3.8) is 0 Å². The molecule has 0 saturated heterocycles. The first kappa shape index (κ1) is 18.2. The van der Waals surface area contributed by atoms with Crippen LogP contribution in [0.25, 0.3) is 0 Å². The zero-order valence-electron chi connectivity index (χ0n) is 10.1. The van der Waals surface area contributed by atoms with Crippen molar-refractivity contribution >= 4 is 15.6 Å². The van der Waals surface area contributed by atoms with Gasteiger partial charge in [0.05, 0.1) is 20.5 Å². The second kappa shape index (κ2) is 8.40. The van der Waals surface area contributed by atoms with Crippen molar-refractivity contribution in [2.45, 2.75) is 45.1 Å². The molecule has 0 bridgehead atoms. The molecular formula is C8H18O8P2-2. The van der Waals surface area contributed by atoms with Gasteiger partial charge in [0, 0.05) is 0 Å². The topological polar surface area (TPSA) is 139 Å². The van der Waals surface area contributed by atoms with E-state index in [1.54, 1.807) is 6.92 Å². The Morgan fingerprint density at radius 3 is 2.22 bits per heavy atom. The lowest BCUT2D eigenvalue weighted by atomic mass is 10.1. The highest BCUT2D eigenvalue weighted by molar-refractivity contribution is 7.46. The van der Waals surface area contributed by atoms with Gasteiger partial charge in [-0.3, -0.25) is 4.52 Å². The van der Waals surface area contributed by atoms with Crippen LogP contribution in [0.2, 0.25) is 0 Å². The number of hydrogen-bond acceptors (Lipinski definition) is 6. The van der Waals surface area contributed by atoms with Crippen LogP contribution in [0.15, 0.2) is 0 Å². The van der Waals surface area contributed by atoms with E-state index in [-0.39, 0.29) is 6.61 Å². The Labute approximate surface area is 106 Å². The highest BCUT2D eigenvalue weighted by Gasteiger charge is 2.13. The Morgan fingerprint density at radius 1 is 1.17 bits per heavy atom. The molecule has 0 spiro atoms. The summed E-state index contributed by atoms with van der Waals surface area (Å²) in [5.41, 5.74) is 0. The second-order valence-electron chi connectivity index (χ2n) is 3.76. The van der Waals surface area contributed by atoms with Crippen LogP contribution in [0.5, 0.6) is 0 Å². The average molecular weight is 304 g/mol. The highest BCUT2D eigenvalue weighted by atomic mass is 31.2. The zero-order valence-corrected chi connectivity index (χ0v) is 11.8. The van der Waals surface area contributed by atoms with Crippen LogP contribution in [0, 0.1) is 0 Å². The van der Waals surface area contributed by atoms with Crippen LogP contribution in [0.1, 0.15) is 39.0 Å². The molecule has 10 heteroatoms. The van der Waals surface area contributed by atoms with E-state index in [4.69, 9.17) is 9.79 Å². The van der Waals surface area contributed by atoms with E-state index in [1.807, 2.05) is 0 Å². The van der Waals surface area contributed by atoms with Crippen molar-refractivity contribution in [1.82, 2.24) is 0 Å². The quantitative estimate of drug-likeness (QED) is 0.433. The predicted octanol–water partition coefficient (Wildman–Crippen LogP) is 0.280. The summed E-state index contributed by atoms with van der Waals surface area (Å²) in [4.78, 5) is 37.6. The molecule has 0 aliphatic rings. The van der Waals surface area contributed by atoms with Gasteiger partial charge in [0.2, 0.25) is 0 Å². The van der Waals surface area contributed by atoms with Crippen molar-refractivity contribution in [2.24, 2.45) is 0 Å². The van der Waals surface area contributed by atoms with Gasteiger partial charge in [-0.25, -0.2) is 4.57 Å². The molecule has 0 radical (unpaired) electrons. The Balaban J connectivity index is 3.64. The lowest BCUT2D eigenvalue weighted by Crippen LogP contribution is -2.22. The van der Waals surface area contributed by atoms with Crippen molar-refractivity contribution in [3.05, 3.63) is 0 Å². The lowest BCUT2D eigenvalue weighted by molar-refractivity contribution is -0.345. The van der Waals surface area contributed by atoms with Crippen LogP contribution in [-0.2, 0) is 18.2 Å². The molecule has 0 fully saturated rings. The Morgan fingerprint density at radius 2 is 1.78 bits per heavy atom. The molecule has 0 heterocycles. The number of rotatable bonds is 10. The van der Waals surface area contributed by atoms with E-state index >= 15 is 0 Å². The molecule has 110 valence electrons. The zero-order chi connectivity index (χ0) is 14.2. The van der Waals surface area contributed by atoms with E-state index in [0.717, 1.165) is 0 Å². The van der Waals surface area contributed by atoms with Gasteiger partial charge in [0.15, 0.2) is 0 Å². The Bertz CT molecular complexity index is 308. The smallest absolute Gasteiger partial charge is 0.469 e. The minimum atomic E-state index is -4.95. The van der Waals surface area contributed by atoms with Gasteiger partial charge in [-0.2, -0.15) is 0 Å². The molecular weight excluding hydrogens is 286 g/mol. The molecule has 0 aliphatic carbocycles. The van der Waals surface area contributed by atoms with Crippen molar-refractivity contribution < 1.29 is 37.8 Å². The van der Waals surface area contributed by atoms with Gasteiger partial charge in [0.1, 0.15) is 0 Å². The van der Waals surface area contributed by atoms with Crippen LogP contribution < -0.4 is 9.79 Å². The van der Waals surface area contributed by atoms with E-state index < -0.39 is 21.7 Å². The molecule has 0 aromatic heterocycles. The van der Waals surface area contributed by atoms with E-state index in [9.17, 15) is 18.9 Å². The standard InChI is InChI=1S/C8H20O8P2/c1-2-8(16-18(12,13)14)6-4-3-5-7-15-17(9,10)11/h8H,2-7H2,1H3,(H2,9,10,11)(H2,12,13,14)/p-2. The fourth-order valence-electron chi connectivity index (χ4n) is 1.35. The normalized spacial score (nSPS) is 14.7. The molecule has 18 heavy (non-hydrogen) atoms. The van der Waals surface area contributed by atoms with Gasteiger partial charge < -0.3 is 28.7 Å². The third-order valence-electron chi connectivity index (χ3n) is 2.16. The third-order valence-corrected chi connectivity index (χ3v) is 3.24. The summed E-state index contributed by atoms with van der Waals surface area (Å²) in [6.07, 6.45) is 1.81. The van der Waals surface area contributed by atoms with Crippen LogP contribution in [-0.4, -0.2) is 22.5 Å². The van der Waals surface area contributed by atoms with Gasteiger partial charge in [-0.1, -0.05) is 19.8 Å². The third kappa shape index (κ3) is 12.7. The Hall–Kier alpha value is 0.220. The molecule has 2 N–H and O–H groups in total. The van der Waals surface area contributed by atoms with E-state index in [0.29, 0.717) is 32.1 Å². The summed E-state index contributed by atoms with van der Waals surface area (Å²) in [6, 6.07) is 0. The molecule has 0 rings (SSSR count). The number of hydrogen-bond donors (Lipinski definition) is 2. The first-order valence-corrected chi connectivity index (χ1v) is 8.53. The van der Waals surface area contributed by atoms with Crippen LogP contribution >= 0.6 is 15.6 Å². The summed E-state index contributed by atoms with van der Waals surface area (Å²) in [7, 11) is -9.36. The summed E-state index contributed by atoms with van der Waals surface area (Å²) in [5.74, 6) is 0. The number of phosphoric ester groups is 2. The lowest BCUT2D eigenvalue weighted by Gasteiger charge is -2.33. The molecule has 0 aromatic carbocycles. The van der Waals surface area contributed by atoms with Crippen LogP contribution in [0.3, 0.4) is 0 Å². The first-order chi connectivity index (χ1) is 8.14. The highest BCUT2D eigenvalue weighted by Crippen LogP contribution is 2.36. The molecule has 1 atom stereocenters. The average Bonchev–Trinajstić information content (AvgIpc) is 2.18. The first-order valence-electron chi connectivity index (χ1n) is 5.54. The van der Waals surface area contributed by atoms with Gasteiger partial charge >= 0.3 is 7.82 Å². The van der Waals surface area contributed by atoms with Crippen molar-refractivity contribution in [2.75, 3.05) is 6.61 Å². The monoisotopic (exact) mass is 304 g/mol. The fourth-order valence-corrected chi connectivity index (χ4v) is 2.33. The number of phosphoric acid groups is 2. The summed E-state index contributed by atoms with van der Waals surface area (Å²) in [5, 5.41) is 0. The molecule has 8 nitrogen and oxygen atoms in total. The minimum Gasteiger partial charge on any atom is -0.790 e. The van der Waals surface area contributed by atoms with Crippen molar-refractivity contribution in [1.29, 1.82) is 0 Å². The molecule has 0 amide bonds. The Kier molecular flexibility index (Phi) is 8.51. The molecule has 0 aliphatic heterocycles. The summed E-state index contributed by atoms with van der Waals surface area (Å²) < 4.78 is 29.3. The molecule has 0 aromatic rings. The molecule has 1 unspecified atom stereocenters.